The van der Waals surface area contributed by atoms with Crippen LogP contribution in [0.25, 0.3) is 0 Å². The third kappa shape index (κ3) is 3.81. The molecular formula is C11H15NO4. The number of esters is 1. The number of carbonyl (C=O) groups excluding carboxylic acids is 3. The van der Waals surface area contributed by atoms with Crippen molar-refractivity contribution in [1.29, 1.82) is 5.26 Å². The number of nitriles is 1. The van der Waals surface area contributed by atoms with Crippen molar-refractivity contribution in [1.82, 2.24) is 0 Å². The maximum Gasteiger partial charge on any atom is 0.326 e. The van der Waals surface area contributed by atoms with Crippen LogP contribution >= 0.6 is 0 Å². The lowest BCUT2D eigenvalue weighted by atomic mass is 9.80. The van der Waals surface area contributed by atoms with Gasteiger partial charge in [0.1, 0.15) is 12.6 Å². The molecule has 5 heteroatoms. The van der Waals surface area contributed by atoms with E-state index in [9.17, 15) is 14.4 Å². The maximum absolute atomic E-state index is 11.6. The molecule has 5 nitrogen and oxygen atoms in total. The molecule has 0 rings (SSSR count). The number of rotatable bonds is 8. The van der Waals surface area contributed by atoms with Gasteiger partial charge in [-0.05, 0) is 19.8 Å². The van der Waals surface area contributed by atoms with Gasteiger partial charge in [-0.15, -0.1) is 0 Å². The Morgan fingerprint density at radius 2 is 1.81 bits per heavy atom. The summed E-state index contributed by atoms with van der Waals surface area (Å²) in [5.41, 5.74) is -1.36. The molecule has 0 saturated carbocycles. The predicted octanol–water partition coefficient (Wildman–Crippen LogP) is 1.02. The van der Waals surface area contributed by atoms with Crippen molar-refractivity contribution in [3.8, 4) is 6.07 Å². The molecule has 0 heterocycles. The molecular weight excluding hydrogens is 210 g/mol. The van der Waals surface area contributed by atoms with Gasteiger partial charge in [-0.2, -0.15) is 5.26 Å². The lowest BCUT2D eigenvalue weighted by Gasteiger charge is -2.22. The van der Waals surface area contributed by atoms with E-state index in [-0.39, 0.29) is 32.3 Å². The molecule has 0 spiro atoms. The van der Waals surface area contributed by atoms with Gasteiger partial charge < -0.3 is 14.3 Å². The molecule has 0 aromatic heterocycles. The Morgan fingerprint density at radius 1 is 1.31 bits per heavy atom. The van der Waals surface area contributed by atoms with Gasteiger partial charge in [0.15, 0.2) is 5.41 Å². The second kappa shape index (κ2) is 7.57. The zero-order chi connectivity index (χ0) is 12.4. The van der Waals surface area contributed by atoms with E-state index in [0.29, 0.717) is 12.6 Å². The molecule has 0 N–H and O–H groups in total. The van der Waals surface area contributed by atoms with E-state index < -0.39 is 11.4 Å². The molecule has 0 saturated heterocycles. The first-order valence-corrected chi connectivity index (χ1v) is 5.12. The molecule has 0 atom stereocenters. The molecule has 16 heavy (non-hydrogen) atoms. The third-order valence-corrected chi connectivity index (χ3v) is 2.26. The quantitative estimate of drug-likeness (QED) is 0.454. The molecule has 0 aliphatic rings. The van der Waals surface area contributed by atoms with Crippen LogP contribution in [0.3, 0.4) is 0 Å². The van der Waals surface area contributed by atoms with E-state index in [0.717, 1.165) is 0 Å². The number of hydrogen-bond acceptors (Lipinski definition) is 5. The minimum atomic E-state index is -1.36. The van der Waals surface area contributed by atoms with Crippen LogP contribution in [0, 0.1) is 16.7 Å². The average Bonchev–Trinajstić information content (AvgIpc) is 2.30. The summed E-state index contributed by atoms with van der Waals surface area (Å²) in [5, 5.41) is 9.04. The van der Waals surface area contributed by atoms with Gasteiger partial charge in [0.25, 0.3) is 0 Å². The van der Waals surface area contributed by atoms with Gasteiger partial charge in [-0.25, -0.2) is 0 Å². The highest BCUT2D eigenvalue weighted by Crippen LogP contribution is 2.30. The Morgan fingerprint density at radius 3 is 2.12 bits per heavy atom. The Balaban J connectivity index is 4.79. The Hall–Kier alpha value is -1.70. The van der Waals surface area contributed by atoms with Crippen molar-refractivity contribution in [2.45, 2.75) is 32.6 Å². The van der Waals surface area contributed by atoms with Crippen molar-refractivity contribution < 1.29 is 19.1 Å². The van der Waals surface area contributed by atoms with Crippen LogP contribution in [0.4, 0.5) is 0 Å². The van der Waals surface area contributed by atoms with E-state index in [1.165, 1.54) is 0 Å². The molecule has 0 aliphatic heterocycles. The van der Waals surface area contributed by atoms with Crippen molar-refractivity contribution >= 4 is 18.5 Å². The molecule has 0 aromatic carbocycles. The largest absolute Gasteiger partial charge is 0.465 e. The first-order valence-electron chi connectivity index (χ1n) is 5.12. The molecule has 0 radical (unpaired) electrons. The molecule has 88 valence electrons. The number of nitrogens with zero attached hydrogens (tertiary/aromatic N) is 1. The summed E-state index contributed by atoms with van der Waals surface area (Å²) in [7, 11) is 0. The summed E-state index contributed by atoms with van der Waals surface area (Å²) in [6, 6.07) is 1.88. The second-order valence-corrected chi connectivity index (χ2v) is 3.33. The van der Waals surface area contributed by atoms with E-state index in [2.05, 4.69) is 0 Å². The van der Waals surface area contributed by atoms with E-state index in [1.54, 1.807) is 6.92 Å². The van der Waals surface area contributed by atoms with Crippen LogP contribution in [0.1, 0.15) is 32.6 Å². The Bertz CT molecular complexity index is 281. The summed E-state index contributed by atoms with van der Waals surface area (Å²) in [5.74, 6) is -0.652. The van der Waals surface area contributed by atoms with Gasteiger partial charge in [0, 0.05) is 12.8 Å². The maximum atomic E-state index is 11.6. The van der Waals surface area contributed by atoms with E-state index in [4.69, 9.17) is 10.00 Å². The fourth-order valence-electron chi connectivity index (χ4n) is 1.37. The Labute approximate surface area is 94.4 Å². The van der Waals surface area contributed by atoms with Crippen LogP contribution in [0.5, 0.6) is 0 Å². The standard InChI is InChI=1S/C11H15NO4/c1-2-16-10(15)11(9-12,5-3-7-13)6-4-8-14/h7-8H,2-6H2,1H3. The van der Waals surface area contributed by atoms with Gasteiger partial charge >= 0.3 is 5.97 Å². The van der Waals surface area contributed by atoms with Gasteiger partial charge in [-0.3, -0.25) is 4.79 Å². The van der Waals surface area contributed by atoms with Crippen molar-refractivity contribution in [3.63, 3.8) is 0 Å². The molecule has 0 amide bonds. The van der Waals surface area contributed by atoms with Crippen LogP contribution < -0.4 is 0 Å². The predicted molar refractivity (Wildman–Crippen MR) is 55.3 cm³/mol. The van der Waals surface area contributed by atoms with Gasteiger partial charge in [0.2, 0.25) is 0 Å². The van der Waals surface area contributed by atoms with Crippen LogP contribution in [-0.4, -0.2) is 25.1 Å². The van der Waals surface area contributed by atoms with Crippen LogP contribution in [-0.2, 0) is 19.1 Å². The molecule has 0 aliphatic carbocycles. The Kier molecular flexibility index (Phi) is 6.77. The van der Waals surface area contributed by atoms with E-state index >= 15 is 0 Å². The summed E-state index contributed by atoms with van der Waals surface area (Å²) in [6.07, 6.45) is 1.69. The number of hydrogen-bond donors (Lipinski definition) is 0. The van der Waals surface area contributed by atoms with Crippen molar-refractivity contribution in [2.75, 3.05) is 6.61 Å². The second-order valence-electron chi connectivity index (χ2n) is 3.33. The fraction of sp³-hybridized carbons (Fsp3) is 0.636. The fourth-order valence-corrected chi connectivity index (χ4v) is 1.37. The summed E-state index contributed by atoms with van der Waals surface area (Å²) < 4.78 is 4.80. The minimum Gasteiger partial charge on any atom is -0.465 e. The number of ether oxygens (including phenoxy) is 1. The molecule has 0 bridgehead atoms. The summed E-state index contributed by atoms with van der Waals surface area (Å²) in [6.45, 7) is 1.81. The lowest BCUT2D eigenvalue weighted by Crippen LogP contribution is -2.32. The normalized spacial score (nSPS) is 10.2. The average molecular weight is 225 g/mol. The highest BCUT2D eigenvalue weighted by Gasteiger charge is 2.39. The topological polar surface area (TPSA) is 84.2 Å². The lowest BCUT2D eigenvalue weighted by molar-refractivity contribution is -0.152. The molecule has 0 unspecified atom stereocenters. The highest BCUT2D eigenvalue weighted by molar-refractivity contribution is 5.80. The first-order chi connectivity index (χ1) is 7.66. The zero-order valence-corrected chi connectivity index (χ0v) is 9.27. The van der Waals surface area contributed by atoms with E-state index in [1.807, 2.05) is 6.07 Å². The van der Waals surface area contributed by atoms with Gasteiger partial charge in [0.05, 0.1) is 12.7 Å². The third-order valence-electron chi connectivity index (χ3n) is 2.26. The molecule has 0 fully saturated rings. The number of carbonyl (C=O) groups is 3. The minimum absolute atomic E-state index is 0.0969. The van der Waals surface area contributed by atoms with Crippen molar-refractivity contribution in [2.24, 2.45) is 5.41 Å². The summed E-state index contributed by atoms with van der Waals surface area (Å²) in [4.78, 5) is 32.2. The first kappa shape index (κ1) is 14.3. The number of aldehydes is 2. The van der Waals surface area contributed by atoms with Crippen LogP contribution in [0.2, 0.25) is 0 Å². The van der Waals surface area contributed by atoms with Crippen LogP contribution in [0.15, 0.2) is 0 Å². The smallest absolute Gasteiger partial charge is 0.326 e. The zero-order valence-electron chi connectivity index (χ0n) is 9.27. The highest BCUT2D eigenvalue weighted by atomic mass is 16.5. The summed E-state index contributed by atoms with van der Waals surface area (Å²) >= 11 is 0. The monoisotopic (exact) mass is 225 g/mol. The molecule has 0 aromatic rings. The van der Waals surface area contributed by atoms with Crippen molar-refractivity contribution in [3.05, 3.63) is 0 Å². The SMILES string of the molecule is CCOC(=O)C(C#N)(CCC=O)CCC=O. The van der Waals surface area contributed by atoms with Gasteiger partial charge in [-0.1, -0.05) is 0 Å².